The molecule has 0 saturated heterocycles. The largest absolute Gasteiger partial charge is 0.481 e. The van der Waals surface area contributed by atoms with Crippen molar-refractivity contribution >= 4 is 11.9 Å². The summed E-state index contributed by atoms with van der Waals surface area (Å²) in [6.45, 7) is 3.19. The van der Waals surface area contributed by atoms with E-state index in [4.69, 9.17) is 9.84 Å². The summed E-state index contributed by atoms with van der Waals surface area (Å²) in [5.74, 6) is -3.90. The van der Waals surface area contributed by atoms with Crippen molar-refractivity contribution in [1.29, 1.82) is 0 Å². The van der Waals surface area contributed by atoms with E-state index in [1.807, 2.05) is 0 Å². The smallest absolute Gasteiger partial charge is 0.326 e. The molecule has 116 valence electrons. The molecule has 0 aliphatic carbocycles. The van der Waals surface area contributed by atoms with Crippen molar-refractivity contribution in [2.45, 2.75) is 38.8 Å². The van der Waals surface area contributed by atoms with Gasteiger partial charge in [0.25, 0.3) is 5.91 Å². The first-order valence-electron chi connectivity index (χ1n) is 6.50. The highest BCUT2D eigenvalue weighted by Crippen LogP contribution is 2.16. The number of halogens is 2. The minimum absolute atomic E-state index is 0.0149. The minimum Gasteiger partial charge on any atom is -0.481 e. The fourth-order valence-electron chi connectivity index (χ4n) is 1.64. The van der Waals surface area contributed by atoms with Crippen LogP contribution >= 0.6 is 0 Å². The first-order chi connectivity index (χ1) is 9.85. The standard InChI is InChI=1S/C14H17F2NO4/c1-3-4-12(14(19)20)17-13(18)8(2)21-9-5-6-10(15)11(16)7-9/h5-8,12H,3-4H2,1-2H3,(H,17,18)(H,19,20). The average Bonchev–Trinajstić information content (AvgIpc) is 2.42. The van der Waals surface area contributed by atoms with Gasteiger partial charge in [-0.1, -0.05) is 13.3 Å². The first-order valence-corrected chi connectivity index (χ1v) is 6.50. The highest BCUT2D eigenvalue weighted by molar-refractivity contribution is 5.86. The Labute approximate surface area is 120 Å². The number of benzene rings is 1. The van der Waals surface area contributed by atoms with Gasteiger partial charge in [-0.15, -0.1) is 0 Å². The van der Waals surface area contributed by atoms with Crippen LogP contribution in [0.3, 0.4) is 0 Å². The summed E-state index contributed by atoms with van der Waals surface area (Å²) in [6, 6.07) is 1.88. The van der Waals surface area contributed by atoms with Gasteiger partial charge in [-0.2, -0.15) is 0 Å². The zero-order valence-electron chi connectivity index (χ0n) is 11.7. The Hall–Kier alpha value is -2.18. The van der Waals surface area contributed by atoms with Crippen LogP contribution in [0.5, 0.6) is 5.75 Å². The zero-order valence-corrected chi connectivity index (χ0v) is 11.7. The van der Waals surface area contributed by atoms with Gasteiger partial charge in [0.05, 0.1) is 0 Å². The van der Waals surface area contributed by atoms with Crippen molar-refractivity contribution in [3.05, 3.63) is 29.8 Å². The molecule has 1 amide bonds. The van der Waals surface area contributed by atoms with E-state index in [-0.39, 0.29) is 5.75 Å². The number of rotatable bonds is 7. The molecule has 1 rings (SSSR count). The van der Waals surface area contributed by atoms with Gasteiger partial charge in [-0.3, -0.25) is 4.79 Å². The van der Waals surface area contributed by atoms with Crippen molar-refractivity contribution < 1.29 is 28.2 Å². The molecule has 0 aliphatic heterocycles. The van der Waals surface area contributed by atoms with E-state index in [0.29, 0.717) is 12.8 Å². The fraction of sp³-hybridized carbons (Fsp3) is 0.429. The van der Waals surface area contributed by atoms with Crippen molar-refractivity contribution in [2.75, 3.05) is 0 Å². The fourth-order valence-corrected chi connectivity index (χ4v) is 1.64. The van der Waals surface area contributed by atoms with E-state index >= 15 is 0 Å². The van der Waals surface area contributed by atoms with Gasteiger partial charge < -0.3 is 15.2 Å². The van der Waals surface area contributed by atoms with Crippen molar-refractivity contribution in [3.8, 4) is 5.75 Å². The summed E-state index contributed by atoms with van der Waals surface area (Å²) in [6.07, 6.45) is -0.150. The Kier molecular flexibility index (Phi) is 6.08. The van der Waals surface area contributed by atoms with Gasteiger partial charge >= 0.3 is 5.97 Å². The molecular weight excluding hydrogens is 284 g/mol. The quantitative estimate of drug-likeness (QED) is 0.808. The normalized spacial score (nSPS) is 13.3. The number of hydrogen-bond donors (Lipinski definition) is 2. The lowest BCUT2D eigenvalue weighted by Gasteiger charge is -2.18. The van der Waals surface area contributed by atoms with Gasteiger partial charge in [0.15, 0.2) is 17.7 Å². The topological polar surface area (TPSA) is 75.6 Å². The Morgan fingerprint density at radius 3 is 2.52 bits per heavy atom. The molecule has 0 bridgehead atoms. The van der Waals surface area contributed by atoms with Crippen molar-refractivity contribution in [2.24, 2.45) is 0 Å². The Balaban J connectivity index is 2.65. The number of carboxylic acid groups (broad SMARTS) is 1. The van der Waals surface area contributed by atoms with Crippen molar-refractivity contribution in [3.63, 3.8) is 0 Å². The molecule has 2 N–H and O–H groups in total. The lowest BCUT2D eigenvalue weighted by molar-refractivity contribution is -0.143. The van der Waals surface area contributed by atoms with Crippen LogP contribution in [0, 0.1) is 11.6 Å². The van der Waals surface area contributed by atoms with E-state index < -0.39 is 35.7 Å². The molecule has 0 fully saturated rings. The summed E-state index contributed by atoms with van der Waals surface area (Å²) in [4.78, 5) is 22.8. The lowest BCUT2D eigenvalue weighted by Crippen LogP contribution is -2.46. The van der Waals surface area contributed by atoms with E-state index in [1.54, 1.807) is 6.92 Å². The molecule has 0 spiro atoms. The SMILES string of the molecule is CCCC(NC(=O)C(C)Oc1ccc(F)c(F)c1)C(=O)O. The van der Waals surface area contributed by atoms with Crippen LogP contribution in [-0.4, -0.2) is 29.1 Å². The van der Waals surface area contributed by atoms with Crippen LogP contribution in [0.1, 0.15) is 26.7 Å². The predicted octanol–water partition coefficient (Wildman–Crippen LogP) is 2.10. The monoisotopic (exact) mass is 301 g/mol. The van der Waals surface area contributed by atoms with E-state index in [0.717, 1.165) is 12.1 Å². The summed E-state index contributed by atoms with van der Waals surface area (Å²) in [5.41, 5.74) is 0. The van der Waals surface area contributed by atoms with Gasteiger partial charge in [0, 0.05) is 6.07 Å². The Morgan fingerprint density at radius 2 is 2.00 bits per heavy atom. The maximum Gasteiger partial charge on any atom is 0.326 e. The third-order valence-electron chi connectivity index (χ3n) is 2.77. The molecule has 1 aromatic rings. The molecule has 21 heavy (non-hydrogen) atoms. The van der Waals surface area contributed by atoms with Crippen LogP contribution in [0.4, 0.5) is 8.78 Å². The molecule has 7 heteroatoms. The Bertz CT molecular complexity index is 522. The number of aliphatic carboxylic acids is 1. The molecule has 2 unspecified atom stereocenters. The summed E-state index contributed by atoms with van der Waals surface area (Å²) >= 11 is 0. The minimum atomic E-state index is -1.13. The molecule has 5 nitrogen and oxygen atoms in total. The van der Waals surface area contributed by atoms with Gasteiger partial charge in [-0.25, -0.2) is 13.6 Å². The van der Waals surface area contributed by atoms with Crippen LogP contribution in [0.2, 0.25) is 0 Å². The molecule has 0 aliphatic rings. The second kappa shape index (κ2) is 7.56. The second-order valence-corrected chi connectivity index (χ2v) is 4.52. The predicted molar refractivity (Wildman–Crippen MR) is 70.9 cm³/mol. The highest BCUT2D eigenvalue weighted by atomic mass is 19.2. The second-order valence-electron chi connectivity index (χ2n) is 4.52. The third kappa shape index (κ3) is 5.02. The molecule has 0 aromatic heterocycles. The van der Waals surface area contributed by atoms with Gasteiger partial charge in [0.2, 0.25) is 0 Å². The number of carboxylic acids is 1. The maximum atomic E-state index is 13.0. The lowest BCUT2D eigenvalue weighted by atomic mass is 10.1. The van der Waals surface area contributed by atoms with E-state index in [1.165, 1.54) is 13.0 Å². The number of nitrogens with one attached hydrogen (secondary N) is 1. The average molecular weight is 301 g/mol. The van der Waals surface area contributed by atoms with Gasteiger partial charge in [-0.05, 0) is 25.5 Å². The summed E-state index contributed by atoms with van der Waals surface area (Å²) < 4.78 is 30.9. The maximum absolute atomic E-state index is 13.0. The molecule has 2 atom stereocenters. The van der Waals surface area contributed by atoms with Crippen LogP contribution in [0.15, 0.2) is 18.2 Å². The zero-order chi connectivity index (χ0) is 16.0. The number of ether oxygens (including phenoxy) is 1. The number of amides is 1. The molecular formula is C14H17F2NO4. The van der Waals surface area contributed by atoms with Crippen LogP contribution in [0.25, 0.3) is 0 Å². The van der Waals surface area contributed by atoms with Crippen LogP contribution in [-0.2, 0) is 9.59 Å². The number of carbonyl (C=O) groups is 2. The number of carbonyl (C=O) groups excluding carboxylic acids is 1. The van der Waals surface area contributed by atoms with Crippen LogP contribution < -0.4 is 10.1 Å². The molecule has 0 saturated carbocycles. The third-order valence-corrected chi connectivity index (χ3v) is 2.77. The Morgan fingerprint density at radius 1 is 1.33 bits per heavy atom. The molecule has 1 aromatic carbocycles. The number of hydrogen-bond acceptors (Lipinski definition) is 3. The first kappa shape index (κ1) is 16.9. The van der Waals surface area contributed by atoms with Gasteiger partial charge in [0.1, 0.15) is 11.8 Å². The van der Waals surface area contributed by atoms with E-state index in [9.17, 15) is 18.4 Å². The summed E-state index contributed by atoms with van der Waals surface area (Å²) in [7, 11) is 0. The van der Waals surface area contributed by atoms with E-state index in [2.05, 4.69) is 5.32 Å². The molecule has 0 radical (unpaired) electrons. The summed E-state index contributed by atoms with van der Waals surface area (Å²) in [5, 5.41) is 11.3. The highest BCUT2D eigenvalue weighted by Gasteiger charge is 2.23. The molecule has 0 heterocycles. The van der Waals surface area contributed by atoms with Crippen molar-refractivity contribution in [1.82, 2.24) is 5.32 Å².